The Hall–Kier alpha value is -3.53. The molecule has 4 heterocycles. The number of rotatable bonds is 3. The van der Waals surface area contributed by atoms with Crippen LogP contribution in [0.25, 0.3) is 11.3 Å². The zero-order chi connectivity index (χ0) is 19.8. The predicted molar refractivity (Wildman–Crippen MR) is 108 cm³/mol. The van der Waals surface area contributed by atoms with Crippen LogP contribution in [-0.2, 0) is 0 Å². The average molecular weight is 410 g/mol. The first kappa shape index (κ1) is 17.6. The van der Waals surface area contributed by atoms with Gasteiger partial charge in [0.15, 0.2) is 11.5 Å². The number of para-hydroxylation sites is 1. The van der Waals surface area contributed by atoms with Crippen molar-refractivity contribution in [1.29, 1.82) is 0 Å². The summed E-state index contributed by atoms with van der Waals surface area (Å²) in [6.45, 7) is 2.81. The lowest BCUT2D eigenvalue weighted by Gasteiger charge is -2.36. The molecular weight excluding hydrogens is 394 g/mol. The first-order valence-electron chi connectivity index (χ1n) is 9.09. The molecule has 0 N–H and O–H groups in total. The van der Waals surface area contributed by atoms with Crippen molar-refractivity contribution < 1.29 is 0 Å². The molecule has 0 unspecified atom stereocenters. The molecule has 1 saturated heterocycles. The van der Waals surface area contributed by atoms with E-state index in [0.717, 1.165) is 18.9 Å². The van der Waals surface area contributed by atoms with E-state index in [1.54, 1.807) is 6.20 Å². The molecule has 10 nitrogen and oxygen atoms in total. The zero-order valence-corrected chi connectivity index (χ0v) is 16.0. The minimum Gasteiger partial charge on any atom is -0.365 e. The average Bonchev–Trinajstić information content (AvgIpc) is 3.24. The lowest BCUT2D eigenvalue weighted by molar-refractivity contribution is 0.630. The van der Waals surface area contributed by atoms with Crippen LogP contribution >= 0.6 is 11.6 Å². The van der Waals surface area contributed by atoms with Crippen LogP contribution in [0.15, 0.2) is 53.5 Å². The molecule has 0 bridgehead atoms. The maximum absolute atomic E-state index is 12.7. The second kappa shape index (κ2) is 7.13. The molecule has 5 rings (SSSR count). The Morgan fingerprint density at radius 3 is 2.48 bits per heavy atom. The molecule has 0 amide bonds. The van der Waals surface area contributed by atoms with Crippen molar-refractivity contribution >= 4 is 28.8 Å². The summed E-state index contributed by atoms with van der Waals surface area (Å²) in [5.74, 6) is 0.799. The van der Waals surface area contributed by atoms with Gasteiger partial charge in [-0.25, -0.2) is 0 Å². The highest BCUT2D eigenvalue weighted by atomic mass is 35.5. The van der Waals surface area contributed by atoms with E-state index in [2.05, 4.69) is 35.5 Å². The third-order valence-corrected chi connectivity index (χ3v) is 5.26. The minimum absolute atomic E-state index is 0.172. The lowest BCUT2D eigenvalue weighted by atomic mass is 10.2. The summed E-state index contributed by atoms with van der Waals surface area (Å²) in [7, 11) is 0. The fraction of sp³-hybridized carbons (Fsp3) is 0.222. The van der Waals surface area contributed by atoms with Crippen LogP contribution in [0.2, 0.25) is 5.02 Å². The van der Waals surface area contributed by atoms with E-state index in [4.69, 9.17) is 11.6 Å². The van der Waals surface area contributed by atoms with E-state index in [-0.39, 0.29) is 10.6 Å². The normalized spacial score (nSPS) is 14.5. The fourth-order valence-electron chi connectivity index (χ4n) is 3.38. The van der Waals surface area contributed by atoms with Crippen molar-refractivity contribution in [3.8, 4) is 5.69 Å². The Labute approximate surface area is 169 Å². The fourth-order valence-corrected chi connectivity index (χ4v) is 3.63. The van der Waals surface area contributed by atoms with E-state index in [0.29, 0.717) is 30.1 Å². The number of halogens is 1. The van der Waals surface area contributed by atoms with Gasteiger partial charge in [-0.3, -0.25) is 4.79 Å². The molecule has 1 fully saturated rings. The Bertz CT molecular complexity index is 1210. The third-order valence-electron chi connectivity index (χ3n) is 4.90. The molecular formula is C18H16ClN9O. The SMILES string of the molecule is O=c1c(Cl)c(N2CCN(c3ccc4nnnn4n3)CC2)cnn1-c1ccccc1. The first-order chi connectivity index (χ1) is 14.2. The van der Waals surface area contributed by atoms with Gasteiger partial charge in [0.05, 0.1) is 17.6 Å². The zero-order valence-electron chi connectivity index (χ0n) is 15.3. The van der Waals surface area contributed by atoms with Crippen molar-refractivity contribution in [2.75, 3.05) is 36.0 Å². The summed E-state index contributed by atoms with van der Waals surface area (Å²) in [6.07, 6.45) is 1.65. The molecule has 1 aliphatic rings. The number of benzene rings is 1. The molecule has 1 aromatic carbocycles. The van der Waals surface area contributed by atoms with E-state index < -0.39 is 0 Å². The Balaban J connectivity index is 1.35. The van der Waals surface area contributed by atoms with Gasteiger partial charge >= 0.3 is 0 Å². The monoisotopic (exact) mass is 409 g/mol. The second-order valence-corrected chi connectivity index (χ2v) is 6.97. The molecule has 29 heavy (non-hydrogen) atoms. The molecule has 0 aliphatic carbocycles. The molecule has 0 atom stereocenters. The van der Waals surface area contributed by atoms with Gasteiger partial charge in [-0.15, -0.1) is 14.8 Å². The maximum Gasteiger partial charge on any atom is 0.292 e. The topological polar surface area (TPSA) is 97.3 Å². The van der Waals surface area contributed by atoms with Crippen LogP contribution in [0.4, 0.5) is 11.5 Å². The molecule has 11 heteroatoms. The van der Waals surface area contributed by atoms with Gasteiger partial charge in [-0.05, 0) is 34.7 Å². The molecule has 0 saturated carbocycles. The minimum atomic E-state index is -0.330. The largest absolute Gasteiger partial charge is 0.365 e. The molecule has 0 radical (unpaired) electrons. The van der Waals surface area contributed by atoms with Crippen molar-refractivity contribution in [1.82, 2.24) is 35.0 Å². The van der Waals surface area contributed by atoms with E-state index in [9.17, 15) is 4.79 Å². The van der Waals surface area contributed by atoms with Crippen LogP contribution < -0.4 is 15.4 Å². The van der Waals surface area contributed by atoms with Crippen LogP contribution in [0.1, 0.15) is 0 Å². The summed E-state index contributed by atoms with van der Waals surface area (Å²) in [4.78, 5) is 16.9. The number of hydrogen-bond acceptors (Lipinski definition) is 8. The Morgan fingerprint density at radius 2 is 1.69 bits per heavy atom. The maximum atomic E-state index is 12.7. The lowest BCUT2D eigenvalue weighted by Crippen LogP contribution is -2.47. The van der Waals surface area contributed by atoms with Gasteiger partial charge in [-0.1, -0.05) is 29.8 Å². The molecule has 0 spiro atoms. The van der Waals surface area contributed by atoms with Crippen molar-refractivity contribution in [2.45, 2.75) is 0 Å². The van der Waals surface area contributed by atoms with E-state index in [1.807, 2.05) is 42.5 Å². The van der Waals surface area contributed by atoms with Crippen molar-refractivity contribution in [2.24, 2.45) is 0 Å². The van der Waals surface area contributed by atoms with Crippen LogP contribution in [-0.4, -0.2) is 61.2 Å². The standard InChI is InChI=1S/C18H16ClN9O/c19-17-14(12-20-27(18(17)29)13-4-2-1-3-5-13)25-8-10-26(11-9-25)16-7-6-15-21-23-24-28(15)22-16/h1-7,12H,8-11H2. The summed E-state index contributed by atoms with van der Waals surface area (Å²) in [6, 6.07) is 13.0. The van der Waals surface area contributed by atoms with Gasteiger partial charge in [-0.2, -0.15) is 9.78 Å². The molecule has 3 aromatic heterocycles. The van der Waals surface area contributed by atoms with Gasteiger partial charge in [0.1, 0.15) is 5.02 Å². The Morgan fingerprint density at radius 1 is 0.931 bits per heavy atom. The highest BCUT2D eigenvalue weighted by molar-refractivity contribution is 6.33. The number of piperazine rings is 1. The van der Waals surface area contributed by atoms with Crippen LogP contribution in [0.3, 0.4) is 0 Å². The number of aromatic nitrogens is 7. The number of anilines is 2. The molecule has 4 aromatic rings. The van der Waals surface area contributed by atoms with Crippen molar-refractivity contribution in [3.63, 3.8) is 0 Å². The van der Waals surface area contributed by atoms with Gasteiger partial charge in [0, 0.05) is 26.2 Å². The number of nitrogens with zero attached hydrogens (tertiary/aromatic N) is 9. The summed E-state index contributed by atoms with van der Waals surface area (Å²) in [5, 5.41) is 20.2. The summed E-state index contributed by atoms with van der Waals surface area (Å²) >= 11 is 6.42. The van der Waals surface area contributed by atoms with E-state index in [1.165, 1.54) is 9.31 Å². The Kier molecular flexibility index (Phi) is 4.32. The quantitative estimate of drug-likeness (QED) is 0.495. The molecule has 1 aliphatic heterocycles. The number of hydrogen-bond donors (Lipinski definition) is 0. The number of tetrazole rings is 1. The van der Waals surface area contributed by atoms with Crippen LogP contribution in [0.5, 0.6) is 0 Å². The third kappa shape index (κ3) is 3.17. The predicted octanol–water partition coefficient (Wildman–Crippen LogP) is 1.05. The smallest absolute Gasteiger partial charge is 0.292 e. The second-order valence-electron chi connectivity index (χ2n) is 6.59. The van der Waals surface area contributed by atoms with Gasteiger partial charge in [0.25, 0.3) is 5.56 Å². The van der Waals surface area contributed by atoms with Crippen molar-refractivity contribution in [3.05, 3.63) is 64.0 Å². The summed E-state index contributed by atoms with van der Waals surface area (Å²) in [5.41, 5.74) is 1.60. The molecule has 146 valence electrons. The number of fused-ring (bicyclic) bond motifs is 1. The van der Waals surface area contributed by atoms with Gasteiger partial charge in [0.2, 0.25) is 0 Å². The van der Waals surface area contributed by atoms with Gasteiger partial charge < -0.3 is 9.80 Å². The summed E-state index contributed by atoms with van der Waals surface area (Å²) < 4.78 is 2.72. The van der Waals surface area contributed by atoms with E-state index >= 15 is 0 Å². The highest BCUT2D eigenvalue weighted by Crippen LogP contribution is 2.24. The van der Waals surface area contributed by atoms with Crippen LogP contribution in [0, 0.1) is 0 Å². The highest BCUT2D eigenvalue weighted by Gasteiger charge is 2.22. The first-order valence-corrected chi connectivity index (χ1v) is 9.47.